The second-order valence-electron chi connectivity index (χ2n) is 3.96. The van der Waals surface area contributed by atoms with Crippen LogP contribution in [0.2, 0.25) is 0 Å². The molecule has 5 nitrogen and oxygen atoms in total. The van der Waals surface area contributed by atoms with Gasteiger partial charge in [0, 0.05) is 18.0 Å². The number of carbonyl (C=O) groups is 1. The van der Waals surface area contributed by atoms with Crippen LogP contribution in [-0.4, -0.2) is 26.0 Å². The molecule has 1 aromatic carbocycles. The largest absolute Gasteiger partial charge is 0.298 e. The predicted molar refractivity (Wildman–Crippen MR) is 72.3 cm³/mol. The molecule has 0 N–H and O–H groups in total. The van der Waals surface area contributed by atoms with Crippen molar-refractivity contribution in [1.29, 1.82) is 0 Å². The summed E-state index contributed by atoms with van der Waals surface area (Å²) in [6.07, 6.45) is 2.29. The molecule has 0 amide bonds. The van der Waals surface area contributed by atoms with Gasteiger partial charge in [0.05, 0.1) is 5.52 Å². The van der Waals surface area contributed by atoms with E-state index in [0.29, 0.717) is 15.7 Å². The summed E-state index contributed by atoms with van der Waals surface area (Å²) in [5.41, 5.74) is 1.42. The second-order valence-corrected chi connectivity index (χ2v) is 4.92. The first-order chi connectivity index (χ1) is 9.28. The number of fused-ring (bicyclic) bond motifs is 1. The molecule has 0 aliphatic rings. The van der Waals surface area contributed by atoms with E-state index in [0.717, 1.165) is 17.2 Å². The average molecular weight is 270 g/mol. The number of rotatable bonds is 3. The van der Waals surface area contributed by atoms with Gasteiger partial charge in [-0.25, -0.2) is 14.6 Å². The van der Waals surface area contributed by atoms with E-state index >= 15 is 0 Å². The van der Waals surface area contributed by atoms with Crippen molar-refractivity contribution in [2.45, 2.75) is 10.2 Å². The molecule has 0 unspecified atom stereocenters. The SMILES string of the molecule is Cn1ncnc1Sc1nc2ccccc2cc1C=O. The molecule has 0 saturated heterocycles. The van der Waals surface area contributed by atoms with E-state index in [9.17, 15) is 4.79 Å². The molecule has 0 bridgehead atoms. The normalized spacial score (nSPS) is 10.8. The molecule has 0 saturated carbocycles. The molecule has 3 aromatic rings. The summed E-state index contributed by atoms with van der Waals surface area (Å²) in [5.74, 6) is 0. The van der Waals surface area contributed by atoms with Crippen molar-refractivity contribution >= 4 is 29.0 Å². The van der Waals surface area contributed by atoms with Gasteiger partial charge in [-0.1, -0.05) is 18.2 Å². The van der Waals surface area contributed by atoms with Crippen LogP contribution >= 0.6 is 11.8 Å². The van der Waals surface area contributed by atoms with Gasteiger partial charge in [0.15, 0.2) is 11.4 Å². The highest BCUT2D eigenvalue weighted by molar-refractivity contribution is 7.99. The van der Waals surface area contributed by atoms with Crippen LogP contribution in [-0.2, 0) is 7.05 Å². The van der Waals surface area contributed by atoms with Crippen LogP contribution in [0.1, 0.15) is 10.4 Å². The van der Waals surface area contributed by atoms with Gasteiger partial charge < -0.3 is 0 Å². The number of hydrogen-bond acceptors (Lipinski definition) is 5. The van der Waals surface area contributed by atoms with Crippen molar-refractivity contribution in [3.05, 3.63) is 42.2 Å². The zero-order valence-electron chi connectivity index (χ0n) is 10.1. The maximum absolute atomic E-state index is 11.2. The lowest BCUT2D eigenvalue weighted by Crippen LogP contribution is -1.96. The van der Waals surface area contributed by atoms with Crippen molar-refractivity contribution in [2.24, 2.45) is 7.05 Å². The van der Waals surface area contributed by atoms with Gasteiger partial charge in [-0.05, 0) is 23.9 Å². The van der Waals surface area contributed by atoms with Gasteiger partial charge >= 0.3 is 0 Å². The van der Waals surface area contributed by atoms with Crippen LogP contribution < -0.4 is 0 Å². The molecule has 0 fully saturated rings. The molecule has 0 aliphatic heterocycles. The van der Waals surface area contributed by atoms with Gasteiger partial charge in [0.25, 0.3) is 0 Å². The summed E-state index contributed by atoms with van der Waals surface area (Å²) < 4.78 is 1.65. The Morgan fingerprint density at radius 1 is 1.32 bits per heavy atom. The minimum absolute atomic E-state index is 0.562. The Kier molecular flexibility index (Phi) is 3.00. The highest BCUT2D eigenvalue weighted by Crippen LogP contribution is 2.28. The highest BCUT2D eigenvalue weighted by Gasteiger charge is 2.11. The molecule has 94 valence electrons. The third-order valence-electron chi connectivity index (χ3n) is 2.70. The molecular formula is C13H10N4OS. The van der Waals surface area contributed by atoms with E-state index < -0.39 is 0 Å². The summed E-state index contributed by atoms with van der Waals surface area (Å²) in [7, 11) is 1.80. The predicted octanol–water partition coefficient (Wildman–Crippen LogP) is 2.33. The van der Waals surface area contributed by atoms with Gasteiger partial charge in [-0.3, -0.25) is 4.79 Å². The topological polar surface area (TPSA) is 60.7 Å². The fourth-order valence-electron chi connectivity index (χ4n) is 1.75. The van der Waals surface area contributed by atoms with Crippen molar-refractivity contribution in [1.82, 2.24) is 19.7 Å². The third-order valence-corrected chi connectivity index (χ3v) is 3.77. The first-order valence-corrected chi connectivity index (χ1v) is 6.46. The number of para-hydroxylation sites is 1. The Morgan fingerprint density at radius 3 is 2.89 bits per heavy atom. The van der Waals surface area contributed by atoms with Crippen LogP contribution in [0, 0.1) is 0 Å². The zero-order chi connectivity index (χ0) is 13.2. The molecular weight excluding hydrogens is 260 g/mol. The number of nitrogens with zero attached hydrogens (tertiary/aromatic N) is 4. The van der Waals surface area contributed by atoms with E-state index in [-0.39, 0.29) is 0 Å². The van der Waals surface area contributed by atoms with E-state index in [1.165, 1.54) is 18.1 Å². The Balaban J connectivity index is 2.11. The Labute approximate surface area is 113 Å². The third kappa shape index (κ3) is 2.22. The van der Waals surface area contributed by atoms with E-state index in [1.807, 2.05) is 30.3 Å². The maximum Gasteiger partial charge on any atom is 0.192 e. The summed E-state index contributed by atoms with van der Waals surface area (Å²) in [5, 5.41) is 6.29. The number of pyridine rings is 1. The molecule has 2 heterocycles. The van der Waals surface area contributed by atoms with Crippen molar-refractivity contribution in [3.63, 3.8) is 0 Å². The van der Waals surface area contributed by atoms with Crippen LogP contribution in [0.15, 0.2) is 46.8 Å². The standard InChI is InChI=1S/C13H10N4OS/c1-17-13(14-8-15-17)19-12-10(7-18)6-9-4-2-3-5-11(9)16-12/h2-8H,1H3. The van der Waals surface area contributed by atoms with Crippen LogP contribution in [0.4, 0.5) is 0 Å². The molecule has 0 radical (unpaired) electrons. The van der Waals surface area contributed by atoms with Crippen LogP contribution in [0.5, 0.6) is 0 Å². The molecule has 2 aromatic heterocycles. The number of aromatic nitrogens is 4. The van der Waals surface area contributed by atoms with Crippen molar-refractivity contribution in [2.75, 3.05) is 0 Å². The fraction of sp³-hybridized carbons (Fsp3) is 0.0769. The monoisotopic (exact) mass is 270 g/mol. The smallest absolute Gasteiger partial charge is 0.192 e. The Morgan fingerprint density at radius 2 is 2.16 bits per heavy atom. The van der Waals surface area contributed by atoms with Crippen LogP contribution in [0.25, 0.3) is 10.9 Å². The lowest BCUT2D eigenvalue weighted by atomic mass is 10.2. The summed E-state index contributed by atoms with van der Waals surface area (Å²) in [4.78, 5) is 19.8. The highest BCUT2D eigenvalue weighted by atomic mass is 32.2. The number of hydrogen-bond donors (Lipinski definition) is 0. The van der Waals surface area contributed by atoms with Gasteiger partial charge in [-0.15, -0.1) is 0 Å². The van der Waals surface area contributed by atoms with Crippen molar-refractivity contribution < 1.29 is 4.79 Å². The maximum atomic E-state index is 11.2. The second kappa shape index (κ2) is 4.81. The molecule has 3 rings (SSSR count). The number of benzene rings is 1. The molecule has 19 heavy (non-hydrogen) atoms. The van der Waals surface area contributed by atoms with Gasteiger partial charge in [-0.2, -0.15) is 5.10 Å². The minimum atomic E-state index is 0.562. The van der Waals surface area contributed by atoms with Gasteiger partial charge in [0.1, 0.15) is 11.4 Å². The molecule has 6 heteroatoms. The Bertz CT molecular complexity index is 753. The Hall–Kier alpha value is -2.21. The molecule has 0 aliphatic carbocycles. The van der Waals surface area contributed by atoms with Crippen LogP contribution in [0.3, 0.4) is 0 Å². The number of aldehydes is 1. The van der Waals surface area contributed by atoms with E-state index in [2.05, 4.69) is 15.1 Å². The zero-order valence-corrected chi connectivity index (χ0v) is 11.0. The summed E-state index contributed by atoms with van der Waals surface area (Å²) >= 11 is 1.33. The number of aryl methyl sites for hydroxylation is 1. The lowest BCUT2D eigenvalue weighted by molar-refractivity contribution is 0.112. The minimum Gasteiger partial charge on any atom is -0.298 e. The fourth-order valence-corrected chi connectivity index (χ4v) is 2.57. The average Bonchev–Trinajstić information content (AvgIpc) is 2.83. The molecule has 0 atom stereocenters. The van der Waals surface area contributed by atoms with E-state index in [4.69, 9.17) is 0 Å². The quantitative estimate of drug-likeness (QED) is 0.683. The molecule has 0 spiro atoms. The summed E-state index contributed by atoms with van der Waals surface area (Å²) in [6.45, 7) is 0. The first kappa shape index (κ1) is 11.9. The first-order valence-electron chi connectivity index (χ1n) is 5.65. The number of carbonyl (C=O) groups excluding carboxylic acids is 1. The van der Waals surface area contributed by atoms with Crippen molar-refractivity contribution in [3.8, 4) is 0 Å². The van der Waals surface area contributed by atoms with Gasteiger partial charge in [0.2, 0.25) is 0 Å². The lowest BCUT2D eigenvalue weighted by Gasteiger charge is -2.05. The summed E-state index contributed by atoms with van der Waals surface area (Å²) in [6, 6.07) is 9.55. The van der Waals surface area contributed by atoms with E-state index in [1.54, 1.807) is 11.7 Å².